The van der Waals surface area contributed by atoms with Crippen LogP contribution in [0.1, 0.15) is 35.2 Å². The summed E-state index contributed by atoms with van der Waals surface area (Å²) >= 11 is 12.0. The number of halogens is 2. The fraction of sp³-hybridized carbons (Fsp3) is 0.300. The van der Waals surface area contributed by atoms with Crippen LogP contribution in [0.25, 0.3) is 0 Å². The van der Waals surface area contributed by atoms with Crippen LogP contribution < -0.4 is 10.2 Å². The van der Waals surface area contributed by atoms with Crippen LogP contribution in [0.15, 0.2) is 36.4 Å². The van der Waals surface area contributed by atoms with Crippen LogP contribution in [0, 0.1) is 5.92 Å². The highest BCUT2D eigenvalue weighted by Gasteiger charge is 2.35. The second kappa shape index (κ2) is 6.93. The molecule has 1 aliphatic heterocycles. The van der Waals surface area contributed by atoms with Crippen LogP contribution in [0.4, 0.5) is 11.4 Å². The average Bonchev–Trinajstić information content (AvgIpc) is 3.45. The Morgan fingerprint density at radius 2 is 1.88 bits per heavy atom. The van der Waals surface area contributed by atoms with Gasteiger partial charge in [-0.2, -0.15) is 0 Å². The topological polar surface area (TPSA) is 49.4 Å². The molecule has 134 valence electrons. The van der Waals surface area contributed by atoms with Gasteiger partial charge in [-0.05, 0) is 67.6 Å². The molecule has 26 heavy (non-hydrogen) atoms. The molecule has 0 unspecified atom stereocenters. The third-order valence-corrected chi connectivity index (χ3v) is 5.37. The van der Waals surface area contributed by atoms with Crippen LogP contribution in [-0.4, -0.2) is 18.4 Å². The summed E-state index contributed by atoms with van der Waals surface area (Å²) in [4.78, 5) is 26.8. The van der Waals surface area contributed by atoms with E-state index in [4.69, 9.17) is 23.2 Å². The third kappa shape index (κ3) is 3.44. The molecule has 2 aromatic rings. The van der Waals surface area contributed by atoms with E-state index in [0.29, 0.717) is 21.3 Å². The molecule has 0 atom stereocenters. The summed E-state index contributed by atoms with van der Waals surface area (Å²) in [7, 11) is 0. The maximum absolute atomic E-state index is 12.5. The van der Waals surface area contributed by atoms with Crippen LogP contribution in [0.3, 0.4) is 0 Å². The van der Waals surface area contributed by atoms with Crippen molar-refractivity contribution in [3.05, 3.63) is 57.6 Å². The van der Waals surface area contributed by atoms with E-state index in [1.54, 1.807) is 18.2 Å². The number of nitrogens with one attached hydrogen (secondary N) is 1. The molecular weight excluding hydrogens is 371 g/mol. The van der Waals surface area contributed by atoms with Gasteiger partial charge in [0.1, 0.15) is 0 Å². The van der Waals surface area contributed by atoms with Gasteiger partial charge >= 0.3 is 0 Å². The molecule has 6 heteroatoms. The predicted molar refractivity (Wildman–Crippen MR) is 104 cm³/mol. The Bertz CT molecular complexity index is 893. The molecule has 2 aromatic carbocycles. The molecule has 1 aliphatic carbocycles. The van der Waals surface area contributed by atoms with Crippen LogP contribution in [0.5, 0.6) is 0 Å². The van der Waals surface area contributed by atoms with E-state index >= 15 is 0 Å². The second-order valence-corrected chi connectivity index (χ2v) is 7.63. The Kier molecular flexibility index (Phi) is 4.63. The Morgan fingerprint density at radius 3 is 2.62 bits per heavy atom. The quantitative estimate of drug-likeness (QED) is 0.809. The van der Waals surface area contributed by atoms with Gasteiger partial charge in [-0.25, -0.2) is 0 Å². The van der Waals surface area contributed by atoms with E-state index in [-0.39, 0.29) is 17.7 Å². The fourth-order valence-electron chi connectivity index (χ4n) is 3.33. The van der Waals surface area contributed by atoms with E-state index in [1.807, 2.05) is 23.1 Å². The van der Waals surface area contributed by atoms with Gasteiger partial charge in [-0.1, -0.05) is 23.2 Å². The van der Waals surface area contributed by atoms with E-state index in [1.165, 1.54) is 0 Å². The summed E-state index contributed by atoms with van der Waals surface area (Å²) in [5, 5.41) is 3.68. The monoisotopic (exact) mass is 388 g/mol. The minimum atomic E-state index is -0.284. The maximum Gasteiger partial charge on any atom is 0.257 e. The smallest absolute Gasteiger partial charge is 0.257 e. The van der Waals surface area contributed by atoms with Crippen molar-refractivity contribution in [2.75, 3.05) is 16.8 Å². The van der Waals surface area contributed by atoms with Gasteiger partial charge < -0.3 is 10.2 Å². The van der Waals surface area contributed by atoms with Crippen molar-refractivity contribution in [2.45, 2.75) is 25.7 Å². The molecule has 0 radical (unpaired) electrons. The van der Waals surface area contributed by atoms with Gasteiger partial charge in [-0.3, -0.25) is 9.59 Å². The van der Waals surface area contributed by atoms with E-state index in [9.17, 15) is 9.59 Å². The normalized spacial score (nSPS) is 16.2. The number of benzene rings is 2. The Hall–Kier alpha value is -2.04. The number of carbonyl (C=O) groups excluding carboxylic acids is 2. The molecule has 0 aromatic heterocycles. The highest BCUT2D eigenvalue weighted by molar-refractivity contribution is 6.37. The molecule has 2 amide bonds. The number of hydrogen-bond donors (Lipinski definition) is 1. The molecule has 4 rings (SSSR count). The molecule has 0 bridgehead atoms. The Balaban J connectivity index is 1.55. The summed E-state index contributed by atoms with van der Waals surface area (Å²) in [6, 6.07) is 10.5. The number of amides is 2. The summed E-state index contributed by atoms with van der Waals surface area (Å²) < 4.78 is 0. The van der Waals surface area contributed by atoms with Crippen molar-refractivity contribution in [3.8, 4) is 0 Å². The average molecular weight is 389 g/mol. The number of fused-ring (bicyclic) bond motifs is 1. The molecular formula is C20H18Cl2N2O2. The van der Waals surface area contributed by atoms with E-state index in [2.05, 4.69) is 5.32 Å². The van der Waals surface area contributed by atoms with Crippen LogP contribution in [0.2, 0.25) is 10.0 Å². The van der Waals surface area contributed by atoms with Crippen molar-refractivity contribution in [2.24, 2.45) is 5.92 Å². The first-order valence-corrected chi connectivity index (χ1v) is 9.49. The molecule has 1 saturated carbocycles. The predicted octanol–water partition coefficient (Wildman–Crippen LogP) is 4.93. The molecule has 1 heterocycles. The van der Waals surface area contributed by atoms with Gasteiger partial charge in [-0.15, -0.1) is 0 Å². The zero-order valence-corrected chi connectivity index (χ0v) is 15.6. The van der Waals surface area contributed by atoms with Gasteiger partial charge in [0.15, 0.2) is 0 Å². The van der Waals surface area contributed by atoms with Gasteiger partial charge in [0.05, 0.1) is 10.6 Å². The number of anilines is 2. The van der Waals surface area contributed by atoms with Crippen molar-refractivity contribution >= 4 is 46.4 Å². The molecule has 2 aliphatic rings. The number of nitrogens with zero attached hydrogens (tertiary/aromatic N) is 1. The largest absolute Gasteiger partial charge is 0.322 e. The lowest BCUT2D eigenvalue weighted by Crippen LogP contribution is -2.36. The third-order valence-electron chi connectivity index (χ3n) is 4.82. The van der Waals surface area contributed by atoms with Crippen molar-refractivity contribution in [3.63, 3.8) is 0 Å². The molecule has 1 fully saturated rings. The Morgan fingerprint density at radius 1 is 1.08 bits per heavy atom. The summed E-state index contributed by atoms with van der Waals surface area (Å²) in [6.45, 7) is 0.772. The summed E-state index contributed by atoms with van der Waals surface area (Å²) in [5.41, 5.74) is 3.13. The maximum atomic E-state index is 12.5. The Labute approximate surface area is 162 Å². The van der Waals surface area contributed by atoms with Gasteiger partial charge in [0, 0.05) is 28.9 Å². The van der Waals surface area contributed by atoms with E-state index < -0.39 is 0 Å². The number of aryl methyl sites for hydroxylation is 1. The number of hydrogen-bond acceptors (Lipinski definition) is 2. The SMILES string of the molecule is O=C(Nc1ccc2c(c1)CCCN2C(=O)C1CC1)c1ccc(Cl)cc1Cl. The lowest BCUT2D eigenvalue weighted by Gasteiger charge is -2.30. The molecule has 0 spiro atoms. The zero-order valence-electron chi connectivity index (χ0n) is 14.1. The van der Waals surface area contributed by atoms with Crippen molar-refractivity contribution in [1.29, 1.82) is 0 Å². The molecule has 4 nitrogen and oxygen atoms in total. The van der Waals surface area contributed by atoms with Crippen LogP contribution in [-0.2, 0) is 11.2 Å². The first-order valence-electron chi connectivity index (χ1n) is 8.73. The van der Waals surface area contributed by atoms with E-state index in [0.717, 1.165) is 43.5 Å². The standard InChI is InChI=1S/C20H18Cl2N2O2/c21-14-5-7-16(17(22)11-14)19(25)23-15-6-8-18-13(10-15)2-1-9-24(18)20(26)12-3-4-12/h5-8,10-12H,1-4,9H2,(H,23,25). The fourth-order valence-corrected chi connectivity index (χ4v) is 3.82. The first-order chi connectivity index (χ1) is 12.5. The lowest BCUT2D eigenvalue weighted by atomic mass is 10.00. The minimum absolute atomic E-state index is 0.201. The highest BCUT2D eigenvalue weighted by atomic mass is 35.5. The van der Waals surface area contributed by atoms with Gasteiger partial charge in [0.2, 0.25) is 5.91 Å². The summed E-state index contributed by atoms with van der Waals surface area (Å²) in [5.74, 6) is 0.149. The molecule has 1 N–H and O–H groups in total. The first kappa shape index (κ1) is 17.4. The van der Waals surface area contributed by atoms with Crippen molar-refractivity contribution in [1.82, 2.24) is 0 Å². The van der Waals surface area contributed by atoms with Gasteiger partial charge in [0.25, 0.3) is 5.91 Å². The lowest BCUT2D eigenvalue weighted by molar-refractivity contribution is -0.119. The van der Waals surface area contributed by atoms with Crippen LogP contribution >= 0.6 is 23.2 Å². The molecule has 0 saturated heterocycles. The zero-order chi connectivity index (χ0) is 18.3. The number of carbonyl (C=O) groups is 2. The minimum Gasteiger partial charge on any atom is -0.322 e. The second-order valence-electron chi connectivity index (χ2n) is 6.79. The number of rotatable bonds is 3. The highest BCUT2D eigenvalue weighted by Crippen LogP contribution is 2.36. The van der Waals surface area contributed by atoms with Crippen molar-refractivity contribution < 1.29 is 9.59 Å². The summed E-state index contributed by atoms with van der Waals surface area (Å²) in [6.07, 6.45) is 3.84.